The van der Waals surface area contributed by atoms with E-state index in [0.29, 0.717) is 5.56 Å². The van der Waals surface area contributed by atoms with Gasteiger partial charge in [0.25, 0.3) is 15.7 Å². The van der Waals surface area contributed by atoms with Gasteiger partial charge in [-0.1, -0.05) is 26.8 Å². The van der Waals surface area contributed by atoms with Crippen LogP contribution in [0.25, 0.3) is 10.9 Å². The first-order chi connectivity index (χ1) is 9.01. The second kappa shape index (κ2) is 4.29. The standard InChI is InChI=1S/C12H14N2O5S/c1-12(2,3)6-4-5-7(20(17,18)19)9-8(6)10(15)14-11(16)13-9/h4-5H,1-3H3,(H,17,18,19)(H2,13,14,15,16). The van der Waals surface area contributed by atoms with Crippen LogP contribution < -0.4 is 11.2 Å². The van der Waals surface area contributed by atoms with Crippen LogP contribution in [-0.2, 0) is 15.5 Å². The fourth-order valence-corrected chi connectivity index (χ4v) is 2.74. The highest BCUT2D eigenvalue weighted by Crippen LogP contribution is 2.30. The van der Waals surface area contributed by atoms with Gasteiger partial charge in [0.2, 0.25) is 0 Å². The zero-order chi connectivity index (χ0) is 15.3. The van der Waals surface area contributed by atoms with Crippen molar-refractivity contribution in [1.82, 2.24) is 9.97 Å². The minimum Gasteiger partial charge on any atom is -0.305 e. The highest BCUT2D eigenvalue weighted by molar-refractivity contribution is 7.86. The Morgan fingerprint density at radius 3 is 2.20 bits per heavy atom. The lowest BCUT2D eigenvalue weighted by Gasteiger charge is -2.21. The van der Waals surface area contributed by atoms with E-state index >= 15 is 0 Å². The van der Waals surface area contributed by atoms with E-state index in [0.717, 1.165) is 0 Å². The molecule has 0 aliphatic carbocycles. The van der Waals surface area contributed by atoms with Crippen LogP contribution in [-0.4, -0.2) is 22.9 Å². The molecule has 0 aliphatic rings. The van der Waals surface area contributed by atoms with Crippen molar-refractivity contribution in [3.05, 3.63) is 38.5 Å². The number of fused-ring (bicyclic) bond motifs is 1. The Hall–Kier alpha value is -1.93. The second-order valence-electron chi connectivity index (χ2n) is 5.49. The van der Waals surface area contributed by atoms with Crippen LogP contribution in [0.4, 0.5) is 0 Å². The van der Waals surface area contributed by atoms with Gasteiger partial charge in [-0.3, -0.25) is 14.3 Å². The molecule has 0 bridgehead atoms. The molecule has 8 heteroatoms. The Labute approximate surface area is 114 Å². The number of benzene rings is 1. The van der Waals surface area contributed by atoms with Gasteiger partial charge in [-0.05, 0) is 17.0 Å². The number of hydrogen-bond acceptors (Lipinski definition) is 4. The zero-order valence-electron chi connectivity index (χ0n) is 11.1. The Morgan fingerprint density at radius 1 is 1.10 bits per heavy atom. The summed E-state index contributed by atoms with van der Waals surface area (Å²) in [5.41, 5.74) is -1.59. The van der Waals surface area contributed by atoms with E-state index in [2.05, 4.69) is 9.97 Å². The molecule has 2 rings (SSSR count). The van der Waals surface area contributed by atoms with Crippen LogP contribution in [0, 0.1) is 0 Å². The van der Waals surface area contributed by atoms with Crippen molar-refractivity contribution in [3.8, 4) is 0 Å². The maximum absolute atomic E-state index is 12.0. The van der Waals surface area contributed by atoms with E-state index in [9.17, 15) is 22.6 Å². The molecule has 0 saturated heterocycles. The Kier molecular flexibility index (Phi) is 3.10. The molecule has 0 spiro atoms. The number of aromatic nitrogens is 2. The maximum Gasteiger partial charge on any atom is 0.326 e. The fourth-order valence-electron chi connectivity index (χ4n) is 2.09. The summed E-state index contributed by atoms with van der Waals surface area (Å²) in [5.74, 6) is 0. The quantitative estimate of drug-likeness (QED) is 0.671. The van der Waals surface area contributed by atoms with E-state index in [4.69, 9.17) is 0 Å². The molecule has 1 aromatic heterocycles. The van der Waals surface area contributed by atoms with Crippen LogP contribution in [0.15, 0.2) is 26.6 Å². The third kappa shape index (κ3) is 2.39. The first-order valence-corrected chi connectivity index (χ1v) is 7.23. The van der Waals surface area contributed by atoms with Gasteiger partial charge in [-0.25, -0.2) is 4.79 Å². The lowest BCUT2D eigenvalue weighted by atomic mass is 9.85. The smallest absolute Gasteiger partial charge is 0.305 e. The minimum absolute atomic E-state index is 0.0484. The molecule has 0 radical (unpaired) electrons. The highest BCUT2D eigenvalue weighted by Gasteiger charge is 2.24. The molecule has 0 fully saturated rings. The van der Waals surface area contributed by atoms with Gasteiger partial charge in [-0.15, -0.1) is 0 Å². The largest absolute Gasteiger partial charge is 0.326 e. The second-order valence-corrected chi connectivity index (χ2v) is 6.88. The van der Waals surface area contributed by atoms with Crippen LogP contribution in [0.5, 0.6) is 0 Å². The van der Waals surface area contributed by atoms with Crippen molar-refractivity contribution in [2.45, 2.75) is 31.1 Å². The summed E-state index contributed by atoms with van der Waals surface area (Å²) in [6, 6.07) is 2.63. The number of nitrogens with one attached hydrogen (secondary N) is 2. The molecule has 7 nitrogen and oxygen atoms in total. The van der Waals surface area contributed by atoms with Crippen LogP contribution in [0.1, 0.15) is 26.3 Å². The van der Waals surface area contributed by atoms with E-state index in [1.165, 1.54) is 12.1 Å². The fraction of sp³-hybridized carbons (Fsp3) is 0.333. The van der Waals surface area contributed by atoms with E-state index < -0.39 is 31.7 Å². The van der Waals surface area contributed by atoms with Crippen molar-refractivity contribution in [2.75, 3.05) is 0 Å². The summed E-state index contributed by atoms with van der Waals surface area (Å²) in [4.78, 5) is 27.2. The van der Waals surface area contributed by atoms with Crippen molar-refractivity contribution < 1.29 is 13.0 Å². The van der Waals surface area contributed by atoms with E-state index in [1.807, 2.05) is 20.8 Å². The summed E-state index contributed by atoms with van der Waals surface area (Å²) >= 11 is 0. The minimum atomic E-state index is -4.55. The topological polar surface area (TPSA) is 120 Å². The predicted octanol–water partition coefficient (Wildman–Crippen LogP) is 0.761. The maximum atomic E-state index is 12.0. The first kappa shape index (κ1) is 14.5. The van der Waals surface area contributed by atoms with Crippen LogP contribution >= 0.6 is 0 Å². The molecule has 1 heterocycles. The van der Waals surface area contributed by atoms with Crippen LogP contribution in [0.3, 0.4) is 0 Å². The molecule has 0 atom stereocenters. The van der Waals surface area contributed by atoms with Gasteiger partial charge < -0.3 is 4.98 Å². The SMILES string of the molecule is CC(C)(C)c1ccc(S(=O)(=O)O)c2[nH]c(=O)[nH]c(=O)c12. The molecule has 2 aromatic rings. The number of aromatic amines is 2. The summed E-state index contributed by atoms with van der Waals surface area (Å²) in [6.45, 7) is 5.54. The molecular weight excluding hydrogens is 284 g/mol. The monoisotopic (exact) mass is 298 g/mol. The molecule has 0 amide bonds. The average molecular weight is 298 g/mol. The molecule has 0 unspecified atom stereocenters. The third-order valence-corrected chi connectivity index (χ3v) is 3.84. The summed E-state index contributed by atoms with van der Waals surface area (Å²) in [7, 11) is -4.55. The number of rotatable bonds is 1. The third-order valence-electron chi connectivity index (χ3n) is 2.95. The normalized spacial score (nSPS) is 12.8. The van der Waals surface area contributed by atoms with Crippen molar-refractivity contribution >= 4 is 21.0 Å². The van der Waals surface area contributed by atoms with Gasteiger partial charge >= 0.3 is 5.69 Å². The summed E-state index contributed by atoms with van der Waals surface area (Å²) in [5, 5.41) is 0.0484. The molecule has 1 aromatic carbocycles. The zero-order valence-corrected chi connectivity index (χ0v) is 12.0. The lowest BCUT2D eigenvalue weighted by Crippen LogP contribution is -2.26. The van der Waals surface area contributed by atoms with E-state index in [-0.39, 0.29) is 10.9 Å². The molecule has 0 aliphatic heterocycles. The van der Waals surface area contributed by atoms with Gasteiger partial charge in [0.15, 0.2) is 0 Å². The van der Waals surface area contributed by atoms with Crippen molar-refractivity contribution in [1.29, 1.82) is 0 Å². The molecule has 0 saturated carbocycles. The van der Waals surface area contributed by atoms with Gasteiger partial charge in [-0.2, -0.15) is 8.42 Å². The van der Waals surface area contributed by atoms with E-state index in [1.54, 1.807) is 0 Å². The first-order valence-electron chi connectivity index (χ1n) is 5.79. The average Bonchev–Trinajstić information content (AvgIpc) is 2.24. The predicted molar refractivity (Wildman–Crippen MR) is 73.7 cm³/mol. The van der Waals surface area contributed by atoms with Gasteiger partial charge in [0.05, 0.1) is 10.9 Å². The van der Waals surface area contributed by atoms with Gasteiger partial charge in [0, 0.05) is 0 Å². The number of H-pyrrole nitrogens is 2. The molecule has 20 heavy (non-hydrogen) atoms. The Morgan fingerprint density at radius 2 is 1.70 bits per heavy atom. The number of hydrogen-bond donors (Lipinski definition) is 3. The molecular formula is C12H14N2O5S. The summed E-state index contributed by atoms with van der Waals surface area (Å²) < 4.78 is 31.9. The molecule has 3 N–H and O–H groups in total. The van der Waals surface area contributed by atoms with Crippen molar-refractivity contribution in [3.63, 3.8) is 0 Å². The Bertz CT molecular complexity index is 900. The van der Waals surface area contributed by atoms with Gasteiger partial charge in [0.1, 0.15) is 4.90 Å². The molecule has 108 valence electrons. The summed E-state index contributed by atoms with van der Waals surface area (Å²) in [6.07, 6.45) is 0. The highest BCUT2D eigenvalue weighted by atomic mass is 32.2. The van der Waals surface area contributed by atoms with Crippen molar-refractivity contribution in [2.24, 2.45) is 0 Å². The Balaban J connectivity index is 3.14. The van der Waals surface area contributed by atoms with Crippen LogP contribution in [0.2, 0.25) is 0 Å². The lowest BCUT2D eigenvalue weighted by molar-refractivity contribution is 0.484.